The monoisotopic (exact) mass is 570 g/mol. The van der Waals surface area contributed by atoms with Gasteiger partial charge in [-0.25, -0.2) is 8.42 Å². The quantitative estimate of drug-likeness (QED) is 0.202. The summed E-state index contributed by atoms with van der Waals surface area (Å²) >= 11 is 4.37. The number of hydrogen-bond acceptors (Lipinski definition) is 6. The fourth-order valence-corrected chi connectivity index (χ4v) is 5.08. The van der Waals surface area contributed by atoms with Crippen LogP contribution in [0, 0.1) is 0 Å². The van der Waals surface area contributed by atoms with Gasteiger partial charge in [0.2, 0.25) is 0 Å². The third kappa shape index (κ3) is 9.26. The summed E-state index contributed by atoms with van der Waals surface area (Å²) in [6.07, 6.45) is 4.76. The minimum absolute atomic E-state index is 0. The van der Waals surface area contributed by atoms with Crippen LogP contribution in [0.2, 0.25) is 0 Å². The summed E-state index contributed by atoms with van der Waals surface area (Å²) in [5.74, 6) is 1.04. The van der Waals surface area contributed by atoms with E-state index in [4.69, 9.17) is 0 Å². The molecule has 31 heavy (non-hydrogen) atoms. The average molecular weight is 571 g/mol. The van der Waals surface area contributed by atoms with Crippen molar-refractivity contribution in [1.82, 2.24) is 0 Å². The van der Waals surface area contributed by atoms with Crippen molar-refractivity contribution >= 4 is 51.2 Å². The van der Waals surface area contributed by atoms with E-state index in [1.54, 1.807) is 24.3 Å². The van der Waals surface area contributed by atoms with Gasteiger partial charge in [-0.1, -0.05) is 52.3 Å². The summed E-state index contributed by atoms with van der Waals surface area (Å²) in [5.41, 5.74) is -3.96. The molecule has 13 heteroatoms. The maximum absolute atomic E-state index is 13.7. The second-order valence-electron chi connectivity index (χ2n) is 6.12. The average Bonchev–Trinajstić information content (AvgIpc) is 2.60. The van der Waals surface area contributed by atoms with Gasteiger partial charge in [0.1, 0.15) is 0 Å². The molecule has 0 saturated heterocycles. The van der Waals surface area contributed by atoms with Gasteiger partial charge in [-0.2, -0.15) is 20.5 Å². The van der Waals surface area contributed by atoms with Gasteiger partial charge < -0.3 is 14.4 Å². The van der Waals surface area contributed by atoms with Gasteiger partial charge in [-0.15, -0.1) is 0 Å². The van der Waals surface area contributed by atoms with Crippen molar-refractivity contribution in [3.05, 3.63) is 69.7 Å². The molecule has 0 aliphatic heterocycles. The fourth-order valence-electron chi connectivity index (χ4n) is 2.32. The van der Waals surface area contributed by atoms with Gasteiger partial charge in [-0.05, 0) is 29.3 Å². The van der Waals surface area contributed by atoms with Gasteiger partial charge >= 0.3 is 59.1 Å². The van der Waals surface area contributed by atoms with Crippen LogP contribution in [-0.4, -0.2) is 20.4 Å². The molecule has 0 aliphatic carbocycles. The summed E-state index contributed by atoms with van der Waals surface area (Å²) in [6.45, 7) is 0. The van der Waals surface area contributed by atoms with Gasteiger partial charge in [0.15, 0.2) is 9.84 Å². The zero-order valence-corrected chi connectivity index (χ0v) is 25.2. The van der Waals surface area contributed by atoms with Crippen molar-refractivity contribution in [2.75, 3.05) is 12.0 Å². The molecule has 2 aromatic carbocycles. The maximum Gasteiger partial charge on any atom is 1.00 e. The molecule has 0 radical (unpaired) electrons. The Morgan fingerprint density at radius 2 is 1.81 bits per heavy atom. The molecule has 0 heterocycles. The normalized spacial score (nSPS) is 12.3. The predicted molar refractivity (Wildman–Crippen MR) is 110 cm³/mol. The van der Waals surface area contributed by atoms with Gasteiger partial charge in [0.05, 0.1) is 4.90 Å². The van der Waals surface area contributed by atoms with E-state index in [0.29, 0.717) is 17.1 Å². The Morgan fingerprint density at radius 3 is 2.35 bits per heavy atom. The van der Waals surface area contributed by atoms with E-state index in [1.165, 1.54) is 30.0 Å². The molecule has 158 valence electrons. The molecular weight excluding hydrogens is 555 g/mol. The Hall–Kier alpha value is 0.970. The first kappa shape index (κ1) is 32.0. The molecule has 2 rings (SSSR count). The Balaban J connectivity index is 0.00000450. The van der Waals surface area contributed by atoms with Crippen molar-refractivity contribution in [2.24, 2.45) is 0 Å². The van der Waals surface area contributed by atoms with Crippen molar-refractivity contribution in [1.29, 1.82) is 0 Å². The minimum atomic E-state index is -6.12. The molecule has 0 spiro atoms. The zero-order valence-electron chi connectivity index (χ0n) is 17.0. The van der Waals surface area contributed by atoms with Crippen LogP contribution in [0.5, 0.6) is 0 Å². The third-order valence-electron chi connectivity index (χ3n) is 3.78. The second kappa shape index (κ2) is 13.2. The van der Waals surface area contributed by atoms with E-state index in [0.717, 1.165) is 17.9 Å². The summed E-state index contributed by atoms with van der Waals surface area (Å²) in [5, 5.41) is 0. The van der Waals surface area contributed by atoms with E-state index in [1.807, 2.05) is 6.08 Å². The van der Waals surface area contributed by atoms with Crippen LogP contribution in [0.1, 0.15) is 16.7 Å². The second-order valence-corrected chi connectivity index (χ2v) is 11.6. The summed E-state index contributed by atoms with van der Waals surface area (Å²) in [6, 6.07) is 10.1. The van der Waals surface area contributed by atoms with Crippen LogP contribution < -0.4 is 68.9 Å². The van der Waals surface area contributed by atoms with Crippen molar-refractivity contribution in [2.45, 2.75) is 16.3 Å². The first-order valence-electron chi connectivity index (χ1n) is 8.05. The Morgan fingerprint density at radius 1 is 1.16 bits per heavy atom. The number of hydrogen-bond donors (Lipinski definition) is 0. The first-order chi connectivity index (χ1) is 13.3. The smallest absolute Gasteiger partial charge is 0.806 e. The minimum Gasteiger partial charge on any atom is -0.806 e. The molecule has 0 unspecified atom stereocenters. The van der Waals surface area contributed by atoms with E-state index >= 15 is 0 Å². The van der Waals surface area contributed by atoms with Crippen LogP contribution in [0.15, 0.2) is 57.9 Å². The topological polar surface area (TPSA) is 97.3 Å². The van der Waals surface area contributed by atoms with E-state index in [-0.39, 0.29) is 68.5 Å². The van der Waals surface area contributed by atoms with Crippen molar-refractivity contribution < 1.29 is 90.7 Å². The SMILES string of the molecule is CS(=O)(=O)c1cccc(/C=C/CSCc2ccc(C(F)(F)P(=O)([O-])[O-])c(Br)c2)c1.[Na+].[Na+]. The Labute approximate surface area is 237 Å². The van der Waals surface area contributed by atoms with E-state index in [2.05, 4.69) is 15.9 Å². The number of rotatable bonds is 8. The molecule has 0 amide bonds. The first-order valence-corrected chi connectivity index (χ1v) is 13.4. The van der Waals surface area contributed by atoms with Crippen LogP contribution in [-0.2, 0) is 25.8 Å². The zero-order chi connectivity index (χ0) is 21.9. The Bertz CT molecular complexity index is 1080. The van der Waals surface area contributed by atoms with Gasteiger partial charge in [0, 0.05) is 35.4 Å². The number of halogens is 3. The Kier molecular flexibility index (Phi) is 13.6. The number of thioether (sulfide) groups is 1. The summed E-state index contributed by atoms with van der Waals surface area (Å²) in [4.78, 5) is 21.8. The van der Waals surface area contributed by atoms with E-state index in [9.17, 15) is 31.6 Å². The van der Waals surface area contributed by atoms with Crippen molar-refractivity contribution in [3.63, 3.8) is 0 Å². The summed E-state index contributed by atoms with van der Waals surface area (Å²) in [7, 11) is -9.40. The molecule has 0 N–H and O–H groups in total. The van der Waals surface area contributed by atoms with E-state index < -0.39 is 28.7 Å². The largest absolute Gasteiger partial charge is 1.00 e. The molecule has 0 fully saturated rings. The third-order valence-corrected chi connectivity index (χ3v) is 7.44. The number of alkyl halides is 2. The van der Waals surface area contributed by atoms with Crippen LogP contribution in [0.4, 0.5) is 8.78 Å². The molecule has 2 aromatic rings. The molecule has 0 atom stereocenters. The predicted octanol–water partition coefficient (Wildman–Crippen LogP) is -2.23. The molecule has 0 bridgehead atoms. The molecule has 0 aliphatic rings. The fraction of sp³-hybridized carbons (Fsp3) is 0.222. The van der Waals surface area contributed by atoms with Gasteiger partial charge in [-0.3, -0.25) is 0 Å². The molecular formula is C18H16BrF2Na2O5PS2. The van der Waals surface area contributed by atoms with Crippen LogP contribution in [0.25, 0.3) is 6.08 Å². The molecule has 5 nitrogen and oxygen atoms in total. The maximum atomic E-state index is 13.7. The standard InChI is InChI=1S/C18H18BrF2O5PS2.2Na/c1-29(25,26)15-6-2-4-13(10-15)5-3-9-28-12-14-7-8-16(17(19)11-14)18(20,21)27(22,23)24;;/h2-8,10-11H,9,12H2,1H3,(H2,22,23,24);;/q;2*+1/p-2/b5-3+;;. The number of sulfone groups is 1. The number of benzene rings is 2. The van der Waals surface area contributed by atoms with Crippen molar-refractivity contribution in [3.8, 4) is 0 Å². The molecule has 0 aromatic heterocycles. The van der Waals surface area contributed by atoms with Crippen LogP contribution in [0.3, 0.4) is 0 Å². The summed E-state index contributed by atoms with van der Waals surface area (Å²) < 4.78 is 61.1. The van der Waals surface area contributed by atoms with Gasteiger partial charge in [0.25, 0.3) is 5.66 Å². The molecule has 0 saturated carbocycles. The van der Waals surface area contributed by atoms with Crippen LogP contribution >= 0.6 is 35.3 Å².